The monoisotopic (exact) mass is 228 g/mol. The summed E-state index contributed by atoms with van der Waals surface area (Å²) in [7, 11) is 1.88. The fourth-order valence-corrected chi connectivity index (χ4v) is 2.31. The van der Waals surface area contributed by atoms with Crippen molar-refractivity contribution in [1.29, 1.82) is 0 Å². The number of fused-ring (bicyclic) bond motifs is 1. The normalized spacial score (nSPS) is 16.3. The molecule has 0 N–H and O–H groups in total. The molecule has 12 heavy (non-hydrogen) atoms. The maximum atomic E-state index is 11.4. The molecule has 0 aliphatic heterocycles. The van der Waals surface area contributed by atoms with Gasteiger partial charge in [0.15, 0.2) is 5.78 Å². The molecule has 0 atom stereocenters. The molecule has 0 bridgehead atoms. The van der Waals surface area contributed by atoms with Gasteiger partial charge in [0.25, 0.3) is 0 Å². The topological polar surface area (TPSA) is 34.9 Å². The van der Waals surface area contributed by atoms with Crippen molar-refractivity contribution in [3.8, 4) is 0 Å². The van der Waals surface area contributed by atoms with Gasteiger partial charge in [-0.3, -0.25) is 9.48 Å². The third kappa shape index (κ3) is 1.02. The van der Waals surface area contributed by atoms with E-state index in [1.54, 1.807) is 4.68 Å². The van der Waals surface area contributed by atoms with Crippen LogP contribution in [0.1, 0.15) is 28.9 Å². The first-order valence-electron chi connectivity index (χ1n) is 3.94. The summed E-state index contributed by atoms with van der Waals surface area (Å²) >= 11 is 3.29. The van der Waals surface area contributed by atoms with Gasteiger partial charge in [-0.2, -0.15) is 5.10 Å². The third-order valence-corrected chi connectivity index (χ3v) is 2.77. The highest BCUT2D eigenvalue weighted by Gasteiger charge is 2.24. The second-order valence-corrected chi connectivity index (χ2v) is 3.76. The summed E-state index contributed by atoms with van der Waals surface area (Å²) in [5.41, 5.74) is 1.86. The molecule has 0 saturated heterocycles. The van der Waals surface area contributed by atoms with Crippen molar-refractivity contribution in [2.75, 3.05) is 0 Å². The molecule has 1 heterocycles. The average Bonchev–Trinajstić information content (AvgIpc) is 2.29. The van der Waals surface area contributed by atoms with Crippen molar-refractivity contribution in [3.05, 3.63) is 15.9 Å². The Morgan fingerprint density at radius 1 is 1.50 bits per heavy atom. The fourth-order valence-electron chi connectivity index (χ4n) is 1.63. The molecular weight excluding hydrogens is 220 g/mol. The standard InChI is InChI=1S/C8H9BrN2O/c1-11-5-3-2-4-6(12)7(5)8(9)10-11/h2-4H2,1H3. The van der Waals surface area contributed by atoms with Gasteiger partial charge >= 0.3 is 0 Å². The van der Waals surface area contributed by atoms with Crippen molar-refractivity contribution >= 4 is 21.7 Å². The average molecular weight is 229 g/mol. The van der Waals surface area contributed by atoms with Crippen molar-refractivity contribution in [3.63, 3.8) is 0 Å². The number of rotatable bonds is 0. The molecule has 2 rings (SSSR count). The molecule has 0 amide bonds. The lowest BCUT2D eigenvalue weighted by molar-refractivity contribution is 0.0971. The Morgan fingerprint density at radius 2 is 2.25 bits per heavy atom. The largest absolute Gasteiger partial charge is 0.294 e. The van der Waals surface area contributed by atoms with Gasteiger partial charge in [-0.25, -0.2) is 0 Å². The predicted molar refractivity (Wildman–Crippen MR) is 48.2 cm³/mol. The minimum atomic E-state index is 0.219. The van der Waals surface area contributed by atoms with E-state index in [2.05, 4.69) is 21.0 Å². The van der Waals surface area contributed by atoms with Gasteiger partial charge in [0, 0.05) is 13.5 Å². The van der Waals surface area contributed by atoms with Crippen LogP contribution in [0.15, 0.2) is 4.60 Å². The molecule has 4 heteroatoms. The predicted octanol–water partition coefficient (Wildman–Crippen LogP) is 1.70. The Balaban J connectivity index is 2.62. The van der Waals surface area contributed by atoms with Gasteiger partial charge in [0.1, 0.15) is 4.60 Å². The van der Waals surface area contributed by atoms with Crippen molar-refractivity contribution in [2.45, 2.75) is 19.3 Å². The Bertz CT molecular complexity index is 343. The SMILES string of the molecule is Cn1nc(Br)c2c1CCCC2=O. The van der Waals surface area contributed by atoms with Crippen molar-refractivity contribution in [1.82, 2.24) is 9.78 Å². The summed E-state index contributed by atoms with van der Waals surface area (Å²) in [6, 6.07) is 0. The molecule has 0 aromatic carbocycles. The Kier molecular flexibility index (Phi) is 1.79. The number of hydrogen-bond donors (Lipinski definition) is 0. The lowest BCUT2D eigenvalue weighted by Crippen LogP contribution is -2.11. The van der Waals surface area contributed by atoms with Gasteiger partial charge in [0.2, 0.25) is 0 Å². The summed E-state index contributed by atoms with van der Waals surface area (Å²) in [5.74, 6) is 0.219. The highest BCUT2D eigenvalue weighted by molar-refractivity contribution is 9.10. The first kappa shape index (κ1) is 7.98. The van der Waals surface area contributed by atoms with Crippen LogP contribution in [-0.4, -0.2) is 15.6 Å². The molecule has 0 radical (unpaired) electrons. The van der Waals surface area contributed by atoms with E-state index in [9.17, 15) is 4.79 Å². The number of hydrogen-bond acceptors (Lipinski definition) is 2. The van der Waals surface area contributed by atoms with Crippen LogP contribution in [0.5, 0.6) is 0 Å². The minimum Gasteiger partial charge on any atom is -0.294 e. The Hall–Kier alpha value is -0.640. The number of carbonyl (C=O) groups is 1. The Morgan fingerprint density at radius 3 is 2.92 bits per heavy atom. The summed E-state index contributed by atoms with van der Waals surface area (Å²) in [6.07, 6.45) is 2.59. The maximum Gasteiger partial charge on any atom is 0.167 e. The number of ketones is 1. The van der Waals surface area contributed by atoms with Crippen molar-refractivity contribution in [2.24, 2.45) is 7.05 Å². The van der Waals surface area contributed by atoms with E-state index >= 15 is 0 Å². The van der Waals surface area contributed by atoms with Crippen LogP contribution in [0.2, 0.25) is 0 Å². The number of aromatic nitrogens is 2. The first-order valence-corrected chi connectivity index (χ1v) is 4.74. The second-order valence-electron chi connectivity index (χ2n) is 3.01. The molecule has 1 aliphatic rings. The quantitative estimate of drug-likeness (QED) is 0.678. The van der Waals surface area contributed by atoms with E-state index < -0.39 is 0 Å². The van der Waals surface area contributed by atoms with Gasteiger partial charge < -0.3 is 0 Å². The van der Waals surface area contributed by atoms with E-state index in [1.807, 2.05) is 7.05 Å². The number of Topliss-reactive ketones (excluding diaryl/α,β-unsaturated/α-hetero) is 1. The molecular formula is C8H9BrN2O. The van der Waals surface area contributed by atoms with Crippen LogP contribution in [0.25, 0.3) is 0 Å². The zero-order chi connectivity index (χ0) is 8.72. The number of carbonyl (C=O) groups excluding carboxylic acids is 1. The van der Waals surface area contributed by atoms with Gasteiger partial charge in [-0.1, -0.05) is 0 Å². The second kappa shape index (κ2) is 2.69. The number of nitrogens with zero attached hydrogens (tertiary/aromatic N) is 2. The highest BCUT2D eigenvalue weighted by atomic mass is 79.9. The Labute approximate surface area is 78.9 Å². The molecule has 0 unspecified atom stereocenters. The van der Waals surface area contributed by atoms with Crippen LogP contribution in [0.3, 0.4) is 0 Å². The molecule has 0 fully saturated rings. The molecule has 1 aliphatic carbocycles. The fraction of sp³-hybridized carbons (Fsp3) is 0.500. The van der Waals surface area contributed by atoms with Gasteiger partial charge in [-0.05, 0) is 28.8 Å². The van der Waals surface area contributed by atoms with Gasteiger partial charge in [-0.15, -0.1) is 0 Å². The summed E-state index contributed by atoms with van der Waals surface area (Å²) in [5, 5.41) is 4.16. The molecule has 0 saturated carbocycles. The van der Waals surface area contributed by atoms with Crippen LogP contribution < -0.4 is 0 Å². The third-order valence-electron chi connectivity index (χ3n) is 2.22. The van der Waals surface area contributed by atoms with Crippen LogP contribution in [0, 0.1) is 0 Å². The highest BCUT2D eigenvalue weighted by Crippen LogP contribution is 2.26. The van der Waals surface area contributed by atoms with E-state index in [0.29, 0.717) is 11.0 Å². The van der Waals surface area contributed by atoms with Crippen LogP contribution in [-0.2, 0) is 13.5 Å². The smallest absolute Gasteiger partial charge is 0.167 e. The molecule has 0 spiro atoms. The molecule has 1 aromatic heterocycles. The molecule has 64 valence electrons. The van der Waals surface area contributed by atoms with Crippen molar-refractivity contribution < 1.29 is 4.79 Å². The summed E-state index contributed by atoms with van der Waals surface area (Å²) < 4.78 is 2.49. The number of halogens is 1. The lowest BCUT2D eigenvalue weighted by Gasteiger charge is -2.10. The van der Waals surface area contributed by atoms with E-state index in [0.717, 1.165) is 24.1 Å². The van der Waals surface area contributed by atoms with Gasteiger partial charge in [0.05, 0.1) is 11.3 Å². The number of aryl methyl sites for hydroxylation is 1. The van der Waals surface area contributed by atoms with E-state index in [1.165, 1.54) is 0 Å². The zero-order valence-electron chi connectivity index (χ0n) is 6.80. The lowest BCUT2D eigenvalue weighted by atomic mass is 9.97. The van der Waals surface area contributed by atoms with Crippen LogP contribution >= 0.6 is 15.9 Å². The summed E-state index contributed by atoms with van der Waals surface area (Å²) in [4.78, 5) is 11.4. The minimum absolute atomic E-state index is 0.219. The van der Waals surface area contributed by atoms with Crippen LogP contribution in [0.4, 0.5) is 0 Å². The van der Waals surface area contributed by atoms with E-state index in [4.69, 9.17) is 0 Å². The van der Waals surface area contributed by atoms with E-state index in [-0.39, 0.29) is 5.78 Å². The zero-order valence-corrected chi connectivity index (χ0v) is 8.39. The molecule has 3 nitrogen and oxygen atoms in total. The maximum absolute atomic E-state index is 11.4. The summed E-state index contributed by atoms with van der Waals surface area (Å²) in [6.45, 7) is 0. The first-order chi connectivity index (χ1) is 5.70. The molecule has 1 aromatic rings.